The molecule has 0 saturated heterocycles. The van der Waals surface area contributed by atoms with Gasteiger partial charge in [0.05, 0.1) is 5.56 Å². The molecule has 0 bridgehead atoms. The van der Waals surface area contributed by atoms with Gasteiger partial charge in [0.15, 0.2) is 6.61 Å². The maximum Gasteiger partial charge on any atom is 0.331 e. The molecule has 0 atom stereocenters. The number of carbonyl (C=O) groups excluding carboxylic acids is 2. The molecule has 0 amide bonds. The lowest BCUT2D eigenvalue weighted by molar-refractivity contribution is -0.136. The molecule has 2 aromatic rings. The molecule has 0 aliphatic carbocycles. The largest absolute Gasteiger partial charge is 0.454 e. The number of hydrogen-bond donors (Lipinski definition) is 0. The quantitative estimate of drug-likeness (QED) is 0.449. The van der Waals surface area contributed by atoms with E-state index in [9.17, 15) is 14.0 Å². The van der Waals surface area contributed by atoms with Gasteiger partial charge in [-0.1, -0.05) is 41.4 Å². The summed E-state index contributed by atoms with van der Waals surface area (Å²) in [6.07, 6.45) is 2.57. The summed E-state index contributed by atoms with van der Waals surface area (Å²) in [5.41, 5.74) is 0.457. The summed E-state index contributed by atoms with van der Waals surface area (Å²) >= 11 is 11.7. The van der Waals surface area contributed by atoms with E-state index >= 15 is 0 Å². The zero-order valence-corrected chi connectivity index (χ0v) is 13.3. The first-order valence-electron chi connectivity index (χ1n) is 6.55. The van der Waals surface area contributed by atoms with E-state index in [4.69, 9.17) is 27.9 Å². The van der Waals surface area contributed by atoms with E-state index in [-0.39, 0.29) is 5.56 Å². The van der Waals surface area contributed by atoms with Crippen molar-refractivity contribution in [3.05, 3.63) is 75.5 Å². The molecule has 0 spiro atoms. The van der Waals surface area contributed by atoms with Gasteiger partial charge in [-0.2, -0.15) is 0 Å². The Kier molecular flexibility index (Phi) is 5.90. The summed E-state index contributed by atoms with van der Waals surface area (Å²) < 4.78 is 18.2. The number of ketones is 1. The van der Waals surface area contributed by atoms with Crippen LogP contribution >= 0.6 is 23.2 Å². The maximum absolute atomic E-state index is 13.4. The van der Waals surface area contributed by atoms with Crippen LogP contribution in [-0.4, -0.2) is 18.4 Å². The van der Waals surface area contributed by atoms with Crippen LogP contribution in [0.5, 0.6) is 0 Å². The van der Waals surface area contributed by atoms with Crippen LogP contribution in [-0.2, 0) is 9.53 Å². The molecule has 0 N–H and O–H groups in total. The Morgan fingerprint density at radius 2 is 1.87 bits per heavy atom. The molecular formula is C17H11Cl2FO3. The summed E-state index contributed by atoms with van der Waals surface area (Å²) in [7, 11) is 0. The number of benzene rings is 2. The van der Waals surface area contributed by atoms with Crippen molar-refractivity contribution < 1.29 is 18.7 Å². The van der Waals surface area contributed by atoms with E-state index in [0.717, 1.165) is 12.1 Å². The molecule has 6 heteroatoms. The second kappa shape index (κ2) is 7.90. The topological polar surface area (TPSA) is 43.4 Å². The van der Waals surface area contributed by atoms with Crippen LogP contribution < -0.4 is 0 Å². The molecule has 0 saturated carbocycles. The molecule has 0 aliphatic heterocycles. The molecule has 0 aromatic heterocycles. The van der Waals surface area contributed by atoms with E-state index in [1.165, 1.54) is 30.3 Å². The molecule has 0 fully saturated rings. The third-order valence-electron chi connectivity index (χ3n) is 2.88. The highest BCUT2D eigenvalue weighted by Crippen LogP contribution is 2.22. The first kappa shape index (κ1) is 17.2. The molecule has 2 aromatic carbocycles. The SMILES string of the molecule is O=C(/C=C/c1ccc(Cl)cc1Cl)OCC(=O)c1ccccc1F. The number of rotatable bonds is 5. The standard InChI is InChI=1S/C17H11Cl2FO3/c18-12-7-5-11(14(19)9-12)6-8-17(22)23-10-16(21)13-3-1-2-4-15(13)20/h1-9H,10H2/b8-6+. The van der Waals surface area contributed by atoms with Crippen molar-refractivity contribution >= 4 is 41.0 Å². The zero-order valence-electron chi connectivity index (χ0n) is 11.8. The lowest BCUT2D eigenvalue weighted by Crippen LogP contribution is -2.13. The van der Waals surface area contributed by atoms with Gasteiger partial charge in [0.25, 0.3) is 0 Å². The number of halogens is 3. The van der Waals surface area contributed by atoms with Crippen molar-refractivity contribution in [2.75, 3.05) is 6.61 Å². The molecule has 0 unspecified atom stereocenters. The number of esters is 1. The predicted octanol–water partition coefficient (Wildman–Crippen LogP) is 4.57. The predicted molar refractivity (Wildman–Crippen MR) is 87.2 cm³/mol. The first-order chi connectivity index (χ1) is 11.0. The molecule has 0 aliphatic rings. The lowest BCUT2D eigenvalue weighted by Gasteiger charge is -2.03. The highest BCUT2D eigenvalue weighted by molar-refractivity contribution is 6.35. The number of ether oxygens (including phenoxy) is 1. The molecular weight excluding hydrogens is 342 g/mol. The second-order valence-electron chi connectivity index (χ2n) is 4.51. The Morgan fingerprint density at radius 3 is 2.57 bits per heavy atom. The van der Waals surface area contributed by atoms with Crippen LogP contribution in [0.25, 0.3) is 6.08 Å². The molecule has 0 radical (unpaired) electrons. The monoisotopic (exact) mass is 352 g/mol. The molecule has 23 heavy (non-hydrogen) atoms. The van der Waals surface area contributed by atoms with Crippen molar-refractivity contribution in [2.24, 2.45) is 0 Å². The number of hydrogen-bond acceptors (Lipinski definition) is 3. The normalized spacial score (nSPS) is 10.7. The number of carbonyl (C=O) groups is 2. The minimum atomic E-state index is -0.735. The Balaban J connectivity index is 1.94. The average molecular weight is 353 g/mol. The van der Waals surface area contributed by atoms with Crippen LogP contribution in [0.15, 0.2) is 48.5 Å². The van der Waals surface area contributed by atoms with Crippen LogP contribution in [0, 0.1) is 5.82 Å². The number of Topliss-reactive ketones (excluding diaryl/α,β-unsaturated/α-hetero) is 1. The van der Waals surface area contributed by atoms with Crippen molar-refractivity contribution in [1.29, 1.82) is 0 Å². The molecule has 2 rings (SSSR count). The van der Waals surface area contributed by atoms with E-state index in [1.807, 2.05) is 0 Å². The van der Waals surface area contributed by atoms with E-state index in [0.29, 0.717) is 15.6 Å². The fraction of sp³-hybridized carbons (Fsp3) is 0.0588. The average Bonchev–Trinajstić information content (AvgIpc) is 2.52. The van der Waals surface area contributed by atoms with Crippen molar-refractivity contribution in [1.82, 2.24) is 0 Å². The minimum absolute atomic E-state index is 0.120. The van der Waals surface area contributed by atoms with Gasteiger partial charge in [-0.25, -0.2) is 9.18 Å². The molecule has 118 valence electrons. The lowest BCUT2D eigenvalue weighted by atomic mass is 10.1. The van der Waals surface area contributed by atoms with Gasteiger partial charge in [-0.3, -0.25) is 4.79 Å². The third-order valence-corrected chi connectivity index (χ3v) is 3.44. The van der Waals surface area contributed by atoms with E-state index in [2.05, 4.69) is 0 Å². The van der Waals surface area contributed by atoms with Crippen molar-refractivity contribution in [3.8, 4) is 0 Å². The first-order valence-corrected chi connectivity index (χ1v) is 7.30. The fourth-order valence-electron chi connectivity index (χ4n) is 1.74. The summed E-state index contributed by atoms with van der Waals surface area (Å²) in [6.45, 7) is -0.543. The second-order valence-corrected chi connectivity index (χ2v) is 5.35. The van der Waals surface area contributed by atoms with E-state index in [1.54, 1.807) is 12.1 Å². The van der Waals surface area contributed by atoms with Gasteiger partial charge in [0.2, 0.25) is 5.78 Å². The van der Waals surface area contributed by atoms with Crippen LogP contribution in [0.2, 0.25) is 10.0 Å². The highest BCUT2D eigenvalue weighted by atomic mass is 35.5. The fourth-order valence-corrected chi connectivity index (χ4v) is 2.22. The van der Waals surface area contributed by atoms with Gasteiger partial charge in [-0.15, -0.1) is 0 Å². The Bertz CT molecular complexity index is 772. The Hall–Kier alpha value is -2.17. The van der Waals surface area contributed by atoms with E-state index < -0.39 is 24.2 Å². The van der Waals surface area contributed by atoms with Crippen LogP contribution in [0.1, 0.15) is 15.9 Å². The summed E-state index contributed by atoms with van der Waals surface area (Å²) in [5.74, 6) is -2.01. The smallest absolute Gasteiger partial charge is 0.331 e. The van der Waals surface area contributed by atoms with Gasteiger partial charge >= 0.3 is 5.97 Å². The van der Waals surface area contributed by atoms with Crippen LogP contribution in [0.4, 0.5) is 4.39 Å². The highest BCUT2D eigenvalue weighted by Gasteiger charge is 2.12. The summed E-state index contributed by atoms with van der Waals surface area (Å²) in [6, 6.07) is 10.3. The van der Waals surface area contributed by atoms with Gasteiger partial charge in [0.1, 0.15) is 5.82 Å². The van der Waals surface area contributed by atoms with Gasteiger partial charge in [-0.05, 0) is 35.9 Å². The Labute approximate surface area is 142 Å². The third kappa shape index (κ3) is 4.91. The maximum atomic E-state index is 13.4. The van der Waals surface area contributed by atoms with Gasteiger partial charge in [0, 0.05) is 16.1 Å². The summed E-state index contributed by atoms with van der Waals surface area (Å²) in [4.78, 5) is 23.3. The minimum Gasteiger partial charge on any atom is -0.454 e. The molecule has 3 nitrogen and oxygen atoms in total. The molecule has 0 heterocycles. The van der Waals surface area contributed by atoms with Gasteiger partial charge < -0.3 is 4.74 Å². The Morgan fingerprint density at radius 1 is 1.13 bits per heavy atom. The van der Waals surface area contributed by atoms with Crippen LogP contribution in [0.3, 0.4) is 0 Å². The zero-order chi connectivity index (χ0) is 16.8. The van der Waals surface area contributed by atoms with Crippen molar-refractivity contribution in [3.63, 3.8) is 0 Å². The van der Waals surface area contributed by atoms with Crippen molar-refractivity contribution in [2.45, 2.75) is 0 Å². The summed E-state index contributed by atoms with van der Waals surface area (Å²) in [5, 5.41) is 0.856.